The fourth-order valence-electron chi connectivity index (χ4n) is 4.23. The number of nitrogen functional groups attached to an aromatic ring is 1. The number of carbonyl (C=O) groups is 1. The molecule has 4 rings (SSSR count). The highest BCUT2D eigenvalue weighted by Crippen LogP contribution is 2.23. The van der Waals surface area contributed by atoms with Gasteiger partial charge in [0.05, 0.1) is 13.1 Å². The van der Waals surface area contributed by atoms with Crippen LogP contribution in [0.2, 0.25) is 0 Å². The molecule has 8 nitrogen and oxygen atoms in total. The smallest absolute Gasteiger partial charge is 0.330 e. The van der Waals surface area contributed by atoms with Gasteiger partial charge in [-0.1, -0.05) is 66.7 Å². The van der Waals surface area contributed by atoms with Crippen LogP contribution in [0.4, 0.5) is 11.5 Å². The van der Waals surface area contributed by atoms with E-state index in [-0.39, 0.29) is 30.5 Å². The predicted molar refractivity (Wildman–Crippen MR) is 135 cm³/mol. The Morgan fingerprint density at radius 2 is 1.74 bits per heavy atom. The molecule has 3 N–H and O–H groups in total. The maximum atomic E-state index is 13.1. The van der Waals surface area contributed by atoms with Crippen molar-refractivity contribution in [2.24, 2.45) is 0 Å². The van der Waals surface area contributed by atoms with E-state index in [4.69, 9.17) is 5.73 Å². The minimum atomic E-state index is -0.591. The first kappa shape index (κ1) is 23.1. The highest BCUT2D eigenvalue weighted by atomic mass is 16.2. The van der Waals surface area contributed by atoms with Gasteiger partial charge in [0, 0.05) is 19.6 Å². The Morgan fingerprint density at radius 1 is 1.06 bits per heavy atom. The molecule has 0 unspecified atom stereocenters. The summed E-state index contributed by atoms with van der Waals surface area (Å²) in [6.07, 6.45) is 2.85. The van der Waals surface area contributed by atoms with E-state index in [0.29, 0.717) is 19.6 Å². The van der Waals surface area contributed by atoms with Crippen LogP contribution in [-0.2, 0) is 11.3 Å². The van der Waals surface area contributed by atoms with Crippen molar-refractivity contribution in [2.75, 3.05) is 36.8 Å². The zero-order valence-corrected chi connectivity index (χ0v) is 19.2. The van der Waals surface area contributed by atoms with E-state index >= 15 is 0 Å². The van der Waals surface area contributed by atoms with Gasteiger partial charge in [0.25, 0.3) is 5.56 Å². The summed E-state index contributed by atoms with van der Waals surface area (Å²) in [4.78, 5) is 44.0. The van der Waals surface area contributed by atoms with E-state index in [1.165, 1.54) is 15.7 Å². The summed E-state index contributed by atoms with van der Waals surface area (Å²) in [6, 6.07) is 19.5. The average molecular weight is 460 g/mol. The third-order valence-corrected chi connectivity index (χ3v) is 6.13. The summed E-state index contributed by atoms with van der Waals surface area (Å²) < 4.78 is 1.33. The molecule has 0 aliphatic carbocycles. The molecular formula is C26H29N5O3. The van der Waals surface area contributed by atoms with Crippen LogP contribution in [-0.4, -0.2) is 46.5 Å². The number of rotatable bonds is 7. The summed E-state index contributed by atoms with van der Waals surface area (Å²) in [6.45, 7) is 3.59. The molecule has 1 aliphatic heterocycles. The summed E-state index contributed by atoms with van der Waals surface area (Å²) in [5.41, 5.74) is 8.56. The molecule has 1 amide bonds. The third kappa shape index (κ3) is 4.96. The van der Waals surface area contributed by atoms with Gasteiger partial charge in [-0.3, -0.25) is 19.1 Å². The molecule has 0 fully saturated rings. The van der Waals surface area contributed by atoms with Gasteiger partial charge >= 0.3 is 5.69 Å². The van der Waals surface area contributed by atoms with Crippen LogP contribution in [0.15, 0.2) is 76.3 Å². The van der Waals surface area contributed by atoms with Crippen LogP contribution < -0.4 is 21.9 Å². The molecule has 0 atom stereocenters. The quantitative estimate of drug-likeness (QED) is 0.564. The second-order valence-corrected chi connectivity index (χ2v) is 8.26. The van der Waals surface area contributed by atoms with E-state index < -0.39 is 11.2 Å². The molecule has 1 aliphatic rings. The largest absolute Gasteiger partial charge is 0.383 e. The molecule has 0 bridgehead atoms. The van der Waals surface area contributed by atoms with Crippen molar-refractivity contribution >= 4 is 23.0 Å². The molecule has 3 aromatic rings. The van der Waals surface area contributed by atoms with Crippen molar-refractivity contribution in [3.8, 4) is 0 Å². The number of nitrogens with zero attached hydrogens (tertiary/aromatic N) is 3. The number of H-pyrrole nitrogens is 1. The highest BCUT2D eigenvalue weighted by molar-refractivity contribution is 5.83. The second kappa shape index (κ2) is 10.2. The summed E-state index contributed by atoms with van der Waals surface area (Å²) in [5, 5.41) is 0. The second-order valence-electron chi connectivity index (χ2n) is 8.26. The van der Waals surface area contributed by atoms with Crippen molar-refractivity contribution in [1.82, 2.24) is 14.5 Å². The number of nitrogens with one attached hydrogen (secondary N) is 1. The lowest BCUT2D eigenvalue weighted by Crippen LogP contribution is -2.45. The first-order valence-electron chi connectivity index (χ1n) is 11.4. The van der Waals surface area contributed by atoms with Crippen LogP contribution in [0.3, 0.4) is 0 Å². The van der Waals surface area contributed by atoms with E-state index in [2.05, 4.69) is 23.2 Å². The lowest BCUT2D eigenvalue weighted by Gasteiger charge is -2.30. The number of hydrogen-bond acceptors (Lipinski definition) is 5. The number of amides is 1. The summed E-state index contributed by atoms with van der Waals surface area (Å²) >= 11 is 0. The molecule has 2 heterocycles. The van der Waals surface area contributed by atoms with E-state index in [9.17, 15) is 14.4 Å². The minimum Gasteiger partial charge on any atom is -0.383 e. The Kier molecular flexibility index (Phi) is 6.96. The van der Waals surface area contributed by atoms with Gasteiger partial charge in [-0.2, -0.15) is 0 Å². The Bertz CT molecular complexity index is 1300. The van der Waals surface area contributed by atoms with Crippen LogP contribution in [0.1, 0.15) is 24.5 Å². The zero-order valence-electron chi connectivity index (χ0n) is 19.2. The van der Waals surface area contributed by atoms with E-state index in [1.807, 2.05) is 55.5 Å². The molecule has 0 saturated heterocycles. The molecule has 1 aromatic heterocycles. The predicted octanol–water partition coefficient (Wildman–Crippen LogP) is 2.31. The number of benzene rings is 2. The number of aromatic nitrogens is 2. The number of aromatic amines is 1. The molecule has 0 saturated carbocycles. The summed E-state index contributed by atoms with van der Waals surface area (Å²) in [7, 11) is 0. The van der Waals surface area contributed by atoms with Gasteiger partial charge in [-0.15, -0.1) is 0 Å². The molecule has 8 heteroatoms. The van der Waals surface area contributed by atoms with Crippen LogP contribution in [0, 0.1) is 0 Å². The van der Waals surface area contributed by atoms with E-state index in [1.54, 1.807) is 9.80 Å². The van der Waals surface area contributed by atoms with Gasteiger partial charge in [0.1, 0.15) is 11.5 Å². The maximum Gasteiger partial charge on any atom is 0.330 e. The van der Waals surface area contributed by atoms with Crippen molar-refractivity contribution in [3.05, 3.63) is 98.7 Å². The third-order valence-electron chi connectivity index (χ3n) is 6.13. The van der Waals surface area contributed by atoms with Crippen molar-refractivity contribution in [3.63, 3.8) is 0 Å². The monoisotopic (exact) mass is 459 g/mol. The van der Waals surface area contributed by atoms with Gasteiger partial charge in [0.15, 0.2) is 0 Å². The molecule has 2 aromatic carbocycles. The summed E-state index contributed by atoms with van der Waals surface area (Å²) in [5.74, 6) is -0.0398. The van der Waals surface area contributed by atoms with Gasteiger partial charge < -0.3 is 15.5 Å². The first-order valence-corrected chi connectivity index (χ1v) is 11.4. The van der Waals surface area contributed by atoms with Crippen LogP contribution in [0.5, 0.6) is 0 Å². The van der Waals surface area contributed by atoms with Crippen molar-refractivity contribution in [2.45, 2.75) is 19.9 Å². The van der Waals surface area contributed by atoms with Crippen LogP contribution in [0.25, 0.3) is 5.57 Å². The first-order chi connectivity index (χ1) is 16.5. The van der Waals surface area contributed by atoms with Gasteiger partial charge in [-0.05, 0) is 30.0 Å². The van der Waals surface area contributed by atoms with Gasteiger partial charge in [-0.25, -0.2) is 4.79 Å². The minimum absolute atomic E-state index is 0.00182. The lowest BCUT2D eigenvalue weighted by molar-refractivity contribution is -0.129. The van der Waals surface area contributed by atoms with Crippen molar-refractivity contribution in [1.29, 1.82) is 0 Å². The number of hydrogen-bond donors (Lipinski definition) is 2. The lowest BCUT2D eigenvalue weighted by atomic mass is 9.99. The van der Waals surface area contributed by atoms with Crippen molar-refractivity contribution < 1.29 is 4.79 Å². The SMILES string of the molecule is CCN(CC(=O)N1CC=C(c2ccccc2)CC1)c1c(N)n(Cc2ccccc2)c(=O)[nH]c1=O. The zero-order chi connectivity index (χ0) is 24.1. The number of carbonyl (C=O) groups excluding carboxylic acids is 1. The van der Waals surface area contributed by atoms with Gasteiger partial charge in [0.2, 0.25) is 5.91 Å². The Balaban J connectivity index is 1.53. The Labute approximate surface area is 197 Å². The van der Waals surface area contributed by atoms with Crippen LogP contribution >= 0.6 is 0 Å². The fraction of sp³-hybridized carbons (Fsp3) is 0.269. The molecule has 0 radical (unpaired) electrons. The fourth-order valence-corrected chi connectivity index (χ4v) is 4.23. The Hall–Kier alpha value is -4.07. The van der Waals surface area contributed by atoms with E-state index in [0.717, 1.165) is 12.0 Å². The average Bonchev–Trinajstić information content (AvgIpc) is 2.87. The number of likely N-dealkylation sites (N-methyl/N-ethyl adjacent to an activating group) is 1. The number of nitrogens with two attached hydrogens (primary N) is 1. The normalized spacial score (nSPS) is 13.4. The highest BCUT2D eigenvalue weighted by Gasteiger charge is 2.24. The molecule has 176 valence electrons. The Morgan fingerprint density at radius 3 is 2.35 bits per heavy atom. The molecule has 0 spiro atoms. The topological polar surface area (TPSA) is 104 Å². The standard InChI is InChI=1S/C26H29N5O3/c1-2-29(18-22(32)30-15-13-21(14-16-30)20-11-7-4-8-12-20)23-24(27)31(26(34)28-25(23)33)17-19-9-5-3-6-10-19/h3-13H,2,14-18,27H2,1H3,(H,28,33,34). The molecule has 34 heavy (non-hydrogen) atoms. The maximum absolute atomic E-state index is 13.1. The molecular weight excluding hydrogens is 430 g/mol. The number of anilines is 2.